The molecule has 0 N–H and O–H groups in total. The molecule has 0 saturated carbocycles. The zero-order valence-electron chi connectivity index (χ0n) is 18.1. The van der Waals surface area contributed by atoms with Gasteiger partial charge in [-0.2, -0.15) is 0 Å². The van der Waals surface area contributed by atoms with Crippen molar-refractivity contribution in [3.63, 3.8) is 0 Å². The molecule has 0 bridgehead atoms. The van der Waals surface area contributed by atoms with E-state index in [0.717, 1.165) is 37.4 Å². The van der Waals surface area contributed by atoms with Crippen molar-refractivity contribution in [2.24, 2.45) is 0 Å². The number of esters is 4. The highest BCUT2D eigenvalue weighted by atomic mass is 32.2. The third-order valence-corrected chi connectivity index (χ3v) is 6.32. The van der Waals surface area contributed by atoms with Crippen LogP contribution in [0.3, 0.4) is 0 Å². The van der Waals surface area contributed by atoms with E-state index in [1.54, 1.807) is 18.5 Å². The minimum absolute atomic E-state index is 0.309. The maximum Gasteiger partial charge on any atom is 0.303 e. The van der Waals surface area contributed by atoms with E-state index in [9.17, 15) is 19.2 Å². The number of rotatable bonds is 7. The maximum absolute atomic E-state index is 11.8. The van der Waals surface area contributed by atoms with E-state index in [-0.39, 0.29) is 6.61 Å². The molecule has 1 aromatic rings. The zero-order valence-corrected chi connectivity index (χ0v) is 20.6. The number of hydrogen-bond donors (Lipinski definition) is 0. The smallest absolute Gasteiger partial charge is 0.303 e. The number of hydrogen-bond acceptors (Lipinski definition) is 14. The number of nitrogens with zero attached hydrogens (tertiary/aromatic N) is 2. The van der Waals surface area contributed by atoms with E-state index < -0.39 is 53.7 Å². The quantitative estimate of drug-likeness (QED) is 0.170. The van der Waals surface area contributed by atoms with Gasteiger partial charge in [-0.25, -0.2) is 9.97 Å². The molecule has 2 rings (SSSR count). The van der Waals surface area contributed by atoms with Gasteiger partial charge in [-0.1, -0.05) is 24.0 Å². The van der Waals surface area contributed by atoms with Gasteiger partial charge in [0.05, 0.1) is 0 Å². The Morgan fingerprint density at radius 1 is 0.909 bits per heavy atom. The Labute approximate surface area is 203 Å². The van der Waals surface area contributed by atoms with Gasteiger partial charge in [0.25, 0.3) is 0 Å². The molecule has 1 saturated heterocycles. The number of carbonyl (C=O) groups is 4. The second-order valence-electron chi connectivity index (χ2n) is 6.57. The molecule has 1 aliphatic rings. The third kappa shape index (κ3) is 8.87. The molecular weight excluding hydrogens is 496 g/mol. The molecule has 2 heterocycles. The molecule has 5 atom stereocenters. The molecule has 1 fully saturated rings. The van der Waals surface area contributed by atoms with Gasteiger partial charge < -0.3 is 23.7 Å². The minimum Gasteiger partial charge on any atom is -0.463 e. The molecule has 33 heavy (non-hydrogen) atoms. The Kier molecular flexibility index (Phi) is 10.5. The highest BCUT2D eigenvalue weighted by molar-refractivity contribution is 8.47. The van der Waals surface area contributed by atoms with Crippen LogP contribution >= 0.6 is 35.7 Å². The number of carbonyl (C=O) groups excluding carboxylic acids is 4. The van der Waals surface area contributed by atoms with Crippen LogP contribution in [-0.2, 0) is 42.9 Å². The Bertz CT molecular complexity index is 887. The first-order valence-corrected chi connectivity index (χ1v) is 11.6. The summed E-state index contributed by atoms with van der Waals surface area (Å²) in [6.07, 6.45) is -1.58. The second-order valence-corrected chi connectivity index (χ2v) is 9.84. The summed E-state index contributed by atoms with van der Waals surface area (Å²) in [5.41, 5.74) is -0.991. The van der Waals surface area contributed by atoms with E-state index in [4.69, 9.17) is 35.9 Å². The van der Waals surface area contributed by atoms with Crippen molar-refractivity contribution in [3.05, 3.63) is 18.5 Å². The lowest BCUT2D eigenvalue weighted by molar-refractivity contribution is -0.237. The Morgan fingerprint density at radius 2 is 1.45 bits per heavy atom. The number of thioether (sulfide) groups is 2. The first-order chi connectivity index (χ1) is 15.6. The predicted octanol–water partition coefficient (Wildman–Crippen LogP) is 1.67. The SMILES string of the molecule is CC(=O)OCC1O[C@@H](SC(=S)Sc2ncccn2)C(OC(C)=O)C(OC(C)=O)[C@@H]1OC(C)=O. The van der Waals surface area contributed by atoms with Crippen molar-refractivity contribution in [1.29, 1.82) is 0 Å². The van der Waals surface area contributed by atoms with Crippen LogP contribution in [0.5, 0.6) is 0 Å². The lowest BCUT2D eigenvalue weighted by atomic mass is 9.99. The molecule has 0 amide bonds. The average Bonchev–Trinajstić information content (AvgIpc) is 2.70. The fourth-order valence-corrected chi connectivity index (χ4v) is 5.13. The molecule has 1 aromatic heterocycles. The Hall–Kier alpha value is -2.29. The van der Waals surface area contributed by atoms with Crippen molar-refractivity contribution in [2.45, 2.75) is 62.7 Å². The van der Waals surface area contributed by atoms with Crippen LogP contribution in [0.1, 0.15) is 27.7 Å². The summed E-state index contributed by atoms with van der Waals surface area (Å²) in [5.74, 6) is -2.69. The molecule has 0 radical (unpaired) electrons. The van der Waals surface area contributed by atoms with Gasteiger partial charge >= 0.3 is 23.9 Å². The summed E-state index contributed by atoms with van der Waals surface area (Å²) in [6.45, 7) is 4.37. The highest BCUT2D eigenvalue weighted by Crippen LogP contribution is 2.37. The topological polar surface area (TPSA) is 140 Å². The number of thiocarbonyl (C=S) groups is 1. The molecule has 0 spiro atoms. The van der Waals surface area contributed by atoms with Crippen molar-refractivity contribution >= 4 is 63.1 Å². The van der Waals surface area contributed by atoms with Gasteiger partial charge in [0, 0.05) is 40.1 Å². The molecule has 0 aromatic carbocycles. The van der Waals surface area contributed by atoms with Crippen LogP contribution < -0.4 is 0 Å². The van der Waals surface area contributed by atoms with Crippen molar-refractivity contribution in [3.8, 4) is 0 Å². The molecule has 0 aliphatic carbocycles. The van der Waals surface area contributed by atoms with Crippen LogP contribution in [0.4, 0.5) is 0 Å². The van der Waals surface area contributed by atoms with Gasteiger partial charge in [0.1, 0.15) is 21.7 Å². The second kappa shape index (κ2) is 12.8. The van der Waals surface area contributed by atoms with Crippen molar-refractivity contribution in [2.75, 3.05) is 6.61 Å². The highest BCUT2D eigenvalue weighted by Gasteiger charge is 2.52. The van der Waals surface area contributed by atoms with Gasteiger partial charge in [0.2, 0.25) is 0 Å². The monoisotopic (exact) mass is 518 g/mol. The van der Waals surface area contributed by atoms with E-state index >= 15 is 0 Å². The van der Waals surface area contributed by atoms with Crippen LogP contribution in [0.2, 0.25) is 0 Å². The fourth-order valence-electron chi connectivity index (χ4n) is 2.82. The van der Waals surface area contributed by atoms with Crippen molar-refractivity contribution < 1.29 is 42.9 Å². The molecular formula is C19H22N2O9S3. The summed E-state index contributed by atoms with van der Waals surface area (Å²) in [7, 11) is 0. The van der Waals surface area contributed by atoms with Gasteiger partial charge in [0.15, 0.2) is 23.5 Å². The van der Waals surface area contributed by atoms with Gasteiger partial charge in [-0.3, -0.25) is 19.2 Å². The van der Waals surface area contributed by atoms with Gasteiger partial charge in [-0.15, -0.1) is 0 Å². The molecule has 11 nitrogen and oxygen atoms in total. The minimum atomic E-state index is -1.25. The predicted molar refractivity (Wildman–Crippen MR) is 120 cm³/mol. The zero-order chi connectivity index (χ0) is 24.5. The fraction of sp³-hybridized carbons (Fsp3) is 0.526. The van der Waals surface area contributed by atoms with Gasteiger partial charge in [-0.05, 0) is 17.8 Å². The van der Waals surface area contributed by atoms with E-state index in [0.29, 0.717) is 8.69 Å². The summed E-state index contributed by atoms with van der Waals surface area (Å²) < 4.78 is 27.4. The number of ether oxygens (including phenoxy) is 5. The third-order valence-electron chi connectivity index (χ3n) is 3.88. The van der Waals surface area contributed by atoms with E-state index in [2.05, 4.69) is 9.97 Å². The summed E-state index contributed by atoms with van der Waals surface area (Å²) in [6, 6.07) is 1.65. The lowest BCUT2D eigenvalue weighted by Crippen LogP contribution is -2.61. The molecule has 1 aliphatic heterocycles. The van der Waals surface area contributed by atoms with Crippen LogP contribution in [0.15, 0.2) is 23.6 Å². The van der Waals surface area contributed by atoms with Crippen LogP contribution in [0.25, 0.3) is 0 Å². The lowest BCUT2D eigenvalue weighted by Gasteiger charge is -2.44. The Balaban J connectivity index is 2.35. The summed E-state index contributed by atoms with van der Waals surface area (Å²) in [5, 5.41) is 0.389. The molecule has 180 valence electrons. The first kappa shape index (κ1) is 27.0. The maximum atomic E-state index is 11.8. The normalized spacial score (nSPS) is 24.3. The largest absolute Gasteiger partial charge is 0.463 e. The standard InChI is InChI=1S/C19H22N2O9S3/c1-9(22)26-8-13-14(27-10(2)23)15(28-11(3)24)16(29-12(4)25)17(30-13)32-19(31)33-18-20-6-5-7-21-18/h5-7,13-17H,8H2,1-4H3/t13?,14-,15?,16?,17+/m1/s1. The molecule has 14 heteroatoms. The van der Waals surface area contributed by atoms with E-state index in [1.165, 1.54) is 13.8 Å². The molecule has 3 unspecified atom stereocenters. The number of aromatic nitrogens is 2. The van der Waals surface area contributed by atoms with E-state index in [1.807, 2.05) is 0 Å². The van der Waals surface area contributed by atoms with Crippen LogP contribution in [-0.4, -0.2) is 73.8 Å². The van der Waals surface area contributed by atoms with Crippen LogP contribution in [0, 0.1) is 0 Å². The Morgan fingerprint density at radius 3 is 2.00 bits per heavy atom. The average molecular weight is 519 g/mol. The van der Waals surface area contributed by atoms with Crippen molar-refractivity contribution in [1.82, 2.24) is 9.97 Å². The first-order valence-electron chi connectivity index (χ1n) is 9.52. The summed E-state index contributed by atoms with van der Waals surface area (Å²) >= 11 is 7.48. The summed E-state index contributed by atoms with van der Waals surface area (Å²) in [4.78, 5) is 54.9.